The van der Waals surface area contributed by atoms with E-state index < -0.39 is 14.9 Å². The molecule has 0 fully saturated rings. The Morgan fingerprint density at radius 1 is 1.45 bits per heavy atom. The first-order chi connectivity index (χ1) is 9.31. The number of aromatic nitrogens is 2. The number of nitrogens with zero attached hydrogens (tertiary/aromatic N) is 2. The minimum Gasteiger partial charge on any atom is -0.281 e. The van der Waals surface area contributed by atoms with Gasteiger partial charge in [0.25, 0.3) is 15.7 Å². The van der Waals surface area contributed by atoms with Crippen molar-refractivity contribution in [2.45, 2.75) is 11.8 Å². The van der Waals surface area contributed by atoms with Crippen LogP contribution in [0.3, 0.4) is 0 Å². The minimum atomic E-state index is -3.93. The number of rotatable bonds is 4. The van der Waals surface area contributed by atoms with Gasteiger partial charge in [-0.25, -0.2) is 8.42 Å². The summed E-state index contributed by atoms with van der Waals surface area (Å²) >= 11 is 3.10. The van der Waals surface area contributed by atoms with Crippen LogP contribution >= 0.6 is 15.9 Å². The van der Waals surface area contributed by atoms with Gasteiger partial charge in [0, 0.05) is 10.5 Å². The highest BCUT2D eigenvalue weighted by molar-refractivity contribution is 9.10. The lowest BCUT2D eigenvalue weighted by atomic mass is 10.3. The van der Waals surface area contributed by atoms with Crippen LogP contribution in [-0.2, 0) is 10.0 Å². The second-order valence-corrected chi connectivity index (χ2v) is 6.45. The molecule has 2 rings (SSSR count). The summed E-state index contributed by atoms with van der Waals surface area (Å²) < 4.78 is 26.9. The molecule has 0 aliphatic heterocycles. The molecule has 0 aliphatic rings. The zero-order valence-electron chi connectivity index (χ0n) is 10.1. The van der Waals surface area contributed by atoms with Gasteiger partial charge >= 0.3 is 0 Å². The Balaban J connectivity index is 2.45. The molecule has 0 aliphatic carbocycles. The van der Waals surface area contributed by atoms with Crippen molar-refractivity contribution in [3.05, 3.63) is 44.7 Å². The van der Waals surface area contributed by atoms with E-state index in [9.17, 15) is 18.5 Å². The average molecular weight is 361 g/mol. The summed E-state index contributed by atoms with van der Waals surface area (Å²) in [4.78, 5) is 10.2. The number of aromatic amines is 1. The van der Waals surface area contributed by atoms with Crippen LogP contribution in [0.1, 0.15) is 5.69 Å². The minimum absolute atomic E-state index is 0.0604. The Bertz CT molecular complexity index is 771. The maximum absolute atomic E-state index is 12.1. The van der Waals surface area contributed by atoms with E-state index in [1.54, 1.807) is 0 Å². The van der Waals surface area contributed by atoms with Gasteiger partial charge in [0.1, 0.15) is 10.6 Å². The molecule has 1 aromatic carbocycles. The number of hydrogen-bond donors (Lipinski definition) is 2. The van der Waals surface area contributed by atoms with Crippen LogP contribution in [0.15, 0.2) is 33.8 Å². The number of nitro benzene ring substituents is 1. The van der Waals surface area contributed by atoms with Crippen molar-refractivity contribution in [2.24, 2.45) is 0 Å². The smallest absolute Gasteiger partial charge is 0.281 e. The lowest BCUT2D eigenvalue weighted by Gasteiger charge is -2.07. The van der Waals surface area contributed by atoms with Crippen LogP contribution in [0.5, 0.6) is 0 Å². The number of hydrogen-bond acceptors (Lipinski definition) is 5. The lowest BCUT2D eigenvalue weighted by Crippen LogP contribution is -2.14. The second-order valence-electron chi connectivity index (χ2n) is 3.88. The third-order valence-corrected chi connectivity index (χ3v) is 4.45. The molecule has 0 unspecified atom stereocenters. The summed E-state index contributed by atoms with van der Waals surface area (Å²) in [5, 5.41) is 17.1. The molecule has 0 radical (unpaired) electrons. The molecule has 0 bridgehead atoms. The summed E-state index contributed by atoms with van der Waals surface area (Å²) in [6.07, 6.45) is 1.14. The molecule has 8 nitrogen and oxygen atoms in total. The van der Waals surface area contributed by atoms with Gasteiger partial charge in [0.15, 0.2) is 0 Å². The molecule has 2 N–H and O–H groups in total. The van der Waals surface area contributed by atoms with Gasteiger partial charge in [-0.05, 0) is 19.1 Å². The standard InChI is InChI=1S/C10H9BrN4O4S/c1-6-10(5-12-13-6)20(18,19)14-8-3-2-7(11)4-9(8)15(16)17/h2-5,14H,1H3,(H,12,13). The number of nitro groups is 1. The Morgan fingerprint density at radius 3 is 2.70 bits per heavy atom. The average Bonchev–Trinajstić information content (AvgIpc) is 2.78. The van der Waals surface area contributed by atoms with E-state index in [-0.39, 0.29) is 16.3 Å². The zero-order chi connectivity index (χ0) is 14.9. The number of aryl methyl sites for hydroxylation is 1. The monoisotopic (exact) mass is 360 g/mol. The first-order valence-electron chi connectivity index (χ1n) is 5.28. The Kier molecular flexibility index (Phi) is 3.77. The molecular formula is C10H9BrN4O4S. The van der Waals surface area contributed by atoms with Crippen molar-refractivity contribution in [2.75, 3.05) is 4.72 Å². The van der Waals surface area contributed by atoms with Crippen molar-refractivity contribution in [3.8, 4) is 0 Å². The van der Waals surface area contributed by atoms with Gasteiger partial charge in [0.2, 0.25) is 0 Å². The van der Waals surface area contributed by atoms with Crippen LogP contribution in [0.2, 0.25) is 0 Å². The highest BCUT2D eigenvalue weighted by Gasteiger charge is 2.23. The maximum atomic E-state index is 12.1. The fourth-order valence-corrected chi connectivity index (χ4v) is 3.11. The summed E-state index contributed by atoms with van der Waals surface area (Å²) in [5.41, 5.74) is -0.111. The van der Waals surface area contributed by atoms with Gasteiger partial charge in [0.05, 0.1) is 16.8 Å². The van der Waals surface area contributed by atoms with E-state index in [0.29, 0.717) is 10.2 Å². The van der Waals surface area contributed by atoms with Crippen molar-refractivity contribution >= 4 is 37.3 Å². The van der Waals surface area contributed by atoms with Gasteiger partial charge in [-0.2, -0.15) is 5.10 Å². The second kappa shape index (κ2) is 5.21. The number of nitrogens with one attached hydrogen (secondary N) is 2. The zero-order valence-corrected chi connectivity index (χ0v) is 12.5. The van der Waals surface area contributed by atoms with Gasteiger partial charge in [-0.15, -0.1) is 0 Å². The summed E-state index contributed by atoms with van der Waals surface area (Å²) in [6, 6.07) is 4.04. The molecule has 0 saturated carbocycles. The molecular weight excluding hydrogens is 352 g/mol. The van der Waals surface area contributed by atoms with Gasteiger partial charge in [-0.1, -0.05) is 15.9 Å². The first-order valence-corrected chi connectivity index (χ1v) is 7.55. The lowest BCUT2D eigenvalue weighted by molar-refractivity contribution is -0.384. The van der Waals surface area contributed by atoms with E-state index in [2.05, 4.69) is 30.8 Å². The van der Waals surface area contributed by atoms with Crippen molar-refractivity contribution in [1.29, 1.82) is 0 Å². The highest BCUT2D eigenvalue weighted by Crippen LogP contribution is 2.30. The predicted octanol–water partition coefficient (Wildman–Crippen LogP) is 2.19. The quantitative estimate of drug-likeness (QED) is 0.639. The van der Waals surface area contributed by atoms with Crippen LogP contribution in [0, 0.1) is 17.0 Å². The van der Waals surface area contributed by atoms with E-state index in [1.165, 1.54) is 25.1 Å². The highest BCUT2D eigenvalue weighted by atomic mass is 79.9. The number of anilines is 1. The molecule has 0 spiro atoms. The molecule has 2 aromatic rings. The van der Waals surface area contributed by atoms with Gasteiger partial charge in [-0.3, -0.25) is 19.9 Å². The van der Waals surface area contributed by atoms with E-state index in [0.717, 1.165) is 6.20 Å². The Labute approximate surface area is 122 Å². The predicted molar refractivity (Wildman–Crippen MR) is 74.9 cm³/mol. The van der Waals surface area contributed by atoms with E-state index in [1.807, 2.05) is 0 Å². The van der Waals surface area contributed by atoms with Crippen molar-refractivity contribution < 1.29 is 13.3 Å². The summed E-state index contributed by atoms with van der Waals surface area (Å²) in [6.45, 7) is 1.54. The normalized spacial score (nSPS) is 11.3. The molecule has 1 heterocycles. The van der Waals surface area contributed by atoms with Crippen LogP contribution in [0.4, 0.5) is 11.4 Å². The topological polar surface area (TPSA) is 118 Å². The first kappa shape index (κ1) is 14.5. The van der Waals surface area contributed by atoms with E-state index in [4.69, 9.17) is 0 Å². The number of halogens is 1. The summed E-state index contributed by atoms with van der Waals surface area (Å²) in [7, 11) is -3.93. The molecule has 106 valence electrons. The van der Waals surface area contributed by atoms with E-state index >= 15 is 0 Å². The molecule has 0 atom stereocenters. The fourth-order valence-electron chi connectivity index (χ4n) is 1.55. The molecule has 0 amide bonds. The number of sulfonamides is 1. The molecule has 1 aromatic heterocycles. The molecule has 0 saturated heterocycles. The van der Waals surface area contributed by atoms with Gasteiger partial charge < -0.3 is 0 Å². The fraction of sp³-hybridized carbons (Fsp3) is 0.100. The SMILES string of the molecule is Cc1[nH]ncc1S(=O)(=O)Nc1ccc(Br)cc1[N+](=O)[O-]. The number of H-pyrrole nitrogens is 1. The van der Waals surface area contributed by atoms with Crippen LogP contribution in [-0.4, -0.2) is 23.5 Å². The largest absolute Gasteiger partial charge is 0.294 e. The number of benzene rings is 1. The third kappa shape index (κ3) is 2.80. The maximum Gasteiger partial charge on any atom is 0.294 e. The van der Waals surface area contributed by atoms with Crippen LogP contribution < -0.4 is 4.72 Å². The summed E-state index contributed by atoms with van der Waals surface area (Å²) in [5.74, 6) is 0. The molecule has 10 heteroatoms. The van der Waals surface area contributed by atoms with Crippen molar-refractivity contribution in [1.82, 2.24) is 10.2 Å². The van der Waals surface area contributed by atoms with Crippen molar-refractivity contribution in [3.63, 3.8) is 0 Å². The molecule has 20 heavy (non-hydrogen) atoms. The van der Waals surface area contributed by atoms with Crippen LogP contribution in [0.25, 0.3) is 0 Å². The third-order valence-electron chi connectivity index (χ3n) is 2.47. The Morgan fingerprint density at radius 2 is 2.15 bits per heavy atom. The Hall–Kier alpha value is -1.94.